The molecule has 0 spiro atoms. The van der Waals surface area contributed by atoms with E-state index < -0.39 is 29.2 Å². The van der Waals surface area contributed by atoms with E-state index in [9.17, 15) is 19.5 Å². The molecule has 5 rings (SSSR count). The monoisotopic (exact) mass is 640 g/mol. The van der Waals surface area contributed by atoms with Crippen LogP contribution in [0.3, 0.4) is 0 Å². The number of nitrogens with one attached hydrogen (secondary N) is 1. The number of β-lactam (4-membered cyclic amide) rings is 1. The van der Waals surface area contributed by atoms with Crippen LogP contribution in [0.15, 0.2) is 45.0 Å². The van der Waals surface area contributed by atoms with Crippen molar-refractivity contribution in [3.05, 3.63) is 51.4 Å². The Kier molecular flexibility index (Phi) is 8.52. The number of oxime groups is 1. The second-order valence-corrected chi connectivity index (χ2v) is 12.6. The molecule has 3 aromatic rings. The van der Waals surface area contributed by atoms with Crippen molar-refractivity contribution >= 4 is 86.6 Å². The lowest BCUT2D eigenvalue weighted by Crippen LogP contribution is -2.71. The Bertz CT molecular complexity index is 1530. The normalized spacial score (nSPS) is 18.8. The second kappa shape index (κ2) is 12.1. The van der Waals surface area contributed by atoms with Crippen LogP contribution in [0.25, 0.3) is 0 Å². The van der Waals surface area contributed by atoms with Gasteiger partial charge < -0.3 is 26.1 Å². The number of hydrogen-bond donors (Lipinski definition) is 4. The molecule has 0 saturated carbocycles. The number of rotatable bonds is 10. The second-order valence-electron chi connectivity index (χ2n) is 7.97. The molecule has 1 unspecified atom stereocenters. The molecular weight excluding hydrogens is 624 g/mol. The van der Waals surface area contributed by atoms with Crippen LogP contribution in [-0.4, -0.2) is 81.1 Å². The number of nitrogens with two attached hydrogens (primary N) is 1. The molecule has 0 bridgehead atoms. The summed E-state index contributed by atoms with van der Waals surface area (Å²) in [4.78, 5) is 49.0. The molecule has 0 aliphatic carbocycles. The first-order chi connectivity index (χ1) is 19.2. The Labute approximate surface area is 246 Å². The van der Waals surface area contributed by atoms with E-state index >= 15 is 0 Å². The predicted molar refractivity (Wildman–Crippen MR) is 149 cm³/mol. The number of hydrogen-bond acceptors (Lipinski definition) is 15. The van der Waals surface area contributed by atoms with Gasteiger partial charge in [0.1, 0.15) is 22.1 Å². The average Bonchev–Trinajstić information content (AvgIpc) is 3.59. The van der Waals surface area contributed by atoms with Gasteiger partial charge in [0.2, 0.25) is 11.5 Å². The maximum Gasteiger partial charge on any atom is 0.352 e. The molecule has 2 aromatic heterocycles. The zero-order valence-corrected chi connectivity index (χ0v) is 23.9. The van der Waals surface area contributed by atoms with E-state index in [4.69, 9.17) is 27.3 Å². The third-order valence-corrected chi connectivity index (χ3v) is 9.68. The molecule has 4 heterocycles. The number of carboxylic acid groups (broad SMARTS) is 1. The van der Waals surface area contributed by atoms with Crippen LogP contribution < -0.4 is 15.9 Å². The maximum absolute atomic E-state index is 13.2. The van der Waals surface area contributed by atoms with E-state index in [1.54, 1.807) is 24.3 Å². The van der Waals surface area contributed by atoms with Crippen molar-refractivity contribution in [1.29, 1.82) is 0 Å². The number of nitrogen functional groups attached to an aromatic ring is 1. The van der Waals surface area contributed by atoms with Gasteiger partial charge >= 0.3 is 5.97 Å². The summed E-state index contributed by atoms with van der Waals surface area (Å²) in [5.74, 6) is -1.89. The summed E-state index contributed by atoms with van der Waals surface area (Å²) in [5.41, 5.74) is 5.75. The number of carboxylic acids is 1. The lowest BCUT2D eigenvalue weighted by molar-refractivity contribution is -0.150. The fraction of sp³-hybridized carbons (Fsp3) is 0.238. The molecule has 208 valence electrons. The number of aliphatic hydroxyl groups excluding tert-OH is 1. The Hall–Kier alpha value is -3.29. The predicted octanol–water partition coefficient (Wildman–Crippen LogP) is 1.43. The standard InChI is InChI=1S/C21H17ClN8O6S4/c22-9-1-3-10(4-2-9)36-28-12(15-25-20(23)40-29-15)16(32)24-13-17(33)30-14(19(34)35)8(6-37-18(13)30)7-38-21-27-26-11(5-31)39-21/h1-4,13,18,31H,5-7H2,(H,24,32)(H,34,35)(H2,23,25,29)/t13?,18-/m1/s1. The minimum atomic E-state index is -1.26. The van der Waals surface area contributed by atoms with Crippen molar-refractivity contribution in [2.75, 3.05) is 17.2 Å². The van der Waals surface area contributed by atoms with Gasteiger partial charge in [0, 0.05) is 28.1 Å². The molecule has 0 radical (unpaired) electrons. The number of carbonyl (C=O) groups excluding carboxylic acids is 2. The molecular formula is C21H17ClN8O6S4. The van der Waals surface area contributed by atoms with Gasteiger partial charge in [-0.05, 0) is 29.8 Å². The fourth-order valence-corrected chi connectivity index (χ4v) is 7.42. The maximum atomic E-state index is 13.2. The minimum absolute atomic E-state index is 0.0958. The van der Waals surface area contributed by atoms with Crippen molar-refractivity contribution in [2.24, 2.45) is 5.16 Å². The van der Waals surface area contributed by atoms with Gasteiger partial charge in [-0.3, -0.25) is 14.5 Å². The van der Waals surface area contributed by atoms with Crippen LogP contribution in [0.4, 0.5) is 5.13 Å². The highest BCUT2D eigenvalue weighted by Crippen LogP contribution is 2.41. The number of aromatic nitrogens is 4. The molecule has 1 saturated heterocycles. The van der Waals surface area contributed by atoms with Crippen LogP contribution in [-0.2, 0) is 21.0 Å². The lowest BCUT2D eigenvalue weighted by atomic mass is 10.0. The van der Waals surface area contributed by atoms with Crippen molar-refractivity contribution in [2.45, 2.75) is 22.4 Å². The van der Waals surface area contributed by atoms with E-state index in [-0.39, 0.29) is 40.5 Å². The molecule has 1 aromatic carbocycles. The van der Waals surface area contributed by atoms with Crippen LogP contribution in [0.2, 0.25) is 5.02 Å². The summed E-state index contributed by atoms with van der Waals surface area (Å²) in [6.45, 7) is -0.236. The Morgan fingerprint density at radius 3 is 2.73 bits per heavy atom. The topological polar surface area (TPSA) is 206 Å². The number of carbonyl (C=O) groups is 3. The first kappa shape index (κ1) is 28.2. The third-order valence-electron chi connectivity index (χ3n) is 5.41. The smallest absolute Gasteiger partial charge is 0.352 e. The molecule has 5 N–H and O–H groups in total. The SMILES string of the molecule is Nc1nc(C(=NOc2ccc(Cl)cc2)C(=O)NC2C(=O)N3C(C(=O)O)=C(CSc4nnc(CO)s4)CS[C@H]23)ns1. The summed E-state index contributed by atoms with van der Waals surface area (Å²) >= 11 is 10.5. The number of fused-ring (bicyclic) bond motifs is 1. The summed E-state index contributed by atoms with van der Waals surface area (Å²) in [6, 6.07) is 5.22. The highest BCUT2D eigenvalue weighted by atomic mass is 35.5. The number of benzene rings is 1. The number of aliphatic hydroxyl groups is 1. The first-order valence-corrected chi connectivity index (χ1v) is 15.1. The highest BCUT2D eigenvalue weighted by Gasteiger charge is 2.54. The molecule has 14 nitrogen and oxygen atoms in total. The van der Waals surface area contributed by atoms with Crippen LogP contribution >= 0.6 is 58.0 Å². The Morgan fingerprint density at radius 1 is 1.30 bits per heavy atom. The van der Waals surface area contributed by atoms with Crippen molar-refractivity contribution in [3.63, 3.8) is 0 Å². The van der Waals surface area contributed by atoms with Crippen LogP contribution in [0, 0.1) is 0 Å². The average molecular weight is 641 g/mol. The summed E-state index contributed by atoms with van der Waals surface area (Å²) in [7, 11) is 0. The number of halogens is 1. The molecule has 40 heavy (non-hydrogen) atoms. The fourth-order valence-electron chi connectivity index (χ4n) is 3.62. The van der Waals surface area contributed by atoms with Crippen molar-refractivity contribution in [1.82, 2.24) is 29.8 Å². The summed E-state index contributed by atoms with van der Waals surface area (Å²) < 4.78 is 4.58. The third kappa shape index (κ3) is 5.91. The number of aliphatic carboxylic acids is 1. The van der Waals surface area contributed by atoms with Gasteiger partial charge in [0.25, 0.3) is 11.8 Å². The van der Waals surface area contributed by atoms with E-state index in [1.807, 2.05) is 0 Å². The molecule has 19 heteroatoms. The Morgan fingerprint density at radius 2 is 2.08 bits per heavy atom. The molecule has 2 aliphatic heterocycles. The largest absolute Gasteiger partial charge is 0.477 e. The van der Waals surface area contributed by atoms with Gasteiger partial charge in [0.15, 0.2) is 15.2 Å². The quantitative estimate of drug-likeness (QED) is 0.107. The summed E-state index contributed by atoms with van der Waals surface area (Å²) in [5, 5.41) is 33.7. The van der Waals surface area contributed by atoms with E-state index in [0.29, 0.717) is 25.7 Å². The highest BCUT2D eigenvalue weighted by molar-refractivity contribution is 8.01. The minimum Gasteiger partial charge on any atom is -0.477 e. The molecule has 1 fully saturated rings. The zero-order valence-electron chi connectivity index (χ0n) is 19.9. The van der Waals surface area contributed by atoms with Gasteiger partial charge in [-0.15, -0.1) is 22.0 Å². The van der Waals surface area contributed by atoms with Crippen LogP contribution in [0.5, 0.6) is 5.75 Å². The Balaban J connectivity index is 1.31. The number of amides is 2. The van der Waals surface area contributed by atoms with Gasteiger partial charge in [0.05, 0.1) is 6.61 Å². The van der Waals surface area contributed by atoms with E-state index in [2.05, 4.69) is 30.0 Å². The van der Waals surface area contributed by atoms with Crippen LogP contribution in [0.1, 0.15) is 10.8 Å². The van der Waals surface area contributed by atoms with Gasteiger partial charge in [-0.2, -0.15) is 9.36 Å². The van der Waals surface area contributed by atoms with Crippen molar-refractivity contribution < 1.29 is 29.4 Å². The summed E-state index contributed by atoms with van der Waals surface area (Å²) in [6.07, 6.45) is 0. The van der Waals surface area contributed by atoms with E-state index in [0.717, 1.165) is 16.4 Å². The molecule has 2 amide bonds. The molecule has 2 atom stereocenters. The number of anilines is 1. The molecule has 2 aliphatic rings. The lowest BCUT2D eigenvalue weighted by Gasteiger charge is -2.49. The zero-order chi connectivity index (χ0) is 28.4. The van der Waals surface area contributed by atoms with Gasteiger partial charge in [-0.25, -0.2) is 4.79 Å². The number of thioether (sulfide) groups is 2. The number of nitrogens with zero attached hydrogens (tertiary/aromatic N) is 6. The van der Waals surface area contributed by atoms with Gasteiger partial charge in [-0.1, -0.05) is 39.9 Å². The van der Waals surface area contributed by atoms with E-state index in [1.165, 1.54) is 34.9 Å². The first-order valence-electron chi connectivity index (χ1n) is 11.1. The van der Waals surface area contributed by atoms with Crippen molar-refractivity contribution in [3.8, 4) is 5.75 Å².